The summed E-state index contributed by atoms with van der Waals surface area (Å²) in [4.78, 5) is 15.4. The molecule has 2 N–H and O–H groups in total. The molecule has 1 aromatic rings. The molecular formula is C17H24F3N3O5S. The van der Waals surface area contributed by atoms with Gasteiger partial charge in [0.25, 0.3) is 0 Å². The lowest BCUT2D eigenvalue weighted by molar-refractivity contribution is -0.192. The summed E-state index contributed by atoms with van der Waals surface area (Å²) in [6, 6.07) is 4.05. The van der Waals surface area contributed by atoms with Crippen LogP contribution < -0.4 is 4.72 Å². The number of nitrogens with one attached hydrogen (secondary N) is 1. The van der Waals surface area contributed by atoms with E-state index in [1.807, 2.05) is 12.3 Å². The van der Waals surface area contributed by atoms with Crippen molar-refractivity contribution < 1.29 is 36.2 Å². The number of aliphatic carboxylic acids is 1. The maximum Gasteiger partial charge on any atom is 0.490 e. The highest BCUT2D eigenvalue weighted by molar-refractivity contribution is 7.88. The van der Waals surface area contributed by atoms with Crippen molar-refractivity contribution in [1.29, 1.82) is 0 Å². The number of carbonyl (C=O) groups is 1. The number of likely N-dealkylation sites (tertiary alicyclic amines) is 1. The van der Waals surface area contributed by atoms with Crippen molar-refractivity contribution in [2.75, 3.05) is 32.5 Å². The standard InChI is InChI=1S/C15H23N3O3S.C2HF3O2/c1-22(19,20)17-8-14-4-5-15(21-10-14)11-18(12-15)9-13-3-2-6-16-7-13;3-2(4,5)1(6)7/h2-3,6-7,14,17H,4-5,8-12H2,1H3;(H,6,7). The van der Waals surface area contributed by atoms with Crippen LogP contribution in [-0.4, -0.2) is 73.7 Å². The van der Waals surface area contributed by atoms with Crippen molar-refractivity contribution in [3.8, 4) is 0 Å². The van der Waals surface area contributed by atoms with Crippen LogP contribution in [0.2, 0.25) is 0 Å². The Labute approximate surface area is 167 Å². The highest BCUT2D eigenvalue weighted by atomic mass is 32.2. The summed E-state index contributed by atoms with van der Waals surface area (Å²) in [5.74, 6) is -2.47. The Kier molecular flexibility index (Phi) is 7.60. The van der Waals surface area contributed by atoms with Crippen LogP contribution in [0.15, 0.2) is 24.5 Å². The Balaban J connectivity index is 0.000000370. The molecule has 2 aliphatic heterocycles. The molecule has 1 unspecified atom stereocenters. The van der Waals surface area contributed by atoms with Gasteiger partial charge in [-0.25, -0.2) is 17.9 Å². The molecule has 164 valence electrons. The number of carboxylic acids is 1. The van der Waals surface area contributed by atoms with Gasteiger partial charge in [0.1, 0.15) is 0 Å². The number of pyridine rings is 1. The van der Waals surface area contributed by atoms with Crippen molar-refractivity contribution >= 4 is 16.0 Å². The predicted octanol–water partition coefficient (Wildman–Crippen LogP) is 1.25. The number of halogens is 3. The Morgan fingerprint density at radius 1 is 1.45 bits per heavy atom. The first-order valence-electron chi connectivity index (χ1n) is 8.88. The molecule has 0 aromatic carbocycles. The molecule has 0 aliphatic carbocycles. The SMILES string of the molecule is CS(=O)(=O)NCC1CCC2(CN(Cc3cccnc3)C2)OC1.O=C(O)C(F)(F)F. The molecule has 29 heavy (non-hydrogen) atoms. The first-order chi connectivity index (χ1) is 13.4. The maximum atomic E-state index is 11.1. The van der Waals surface area contributed by atoms with Crippen LogP contribution in [-0.2, 0) is 26.1 Å². The summed E-state index contributed by atoms with van der Waals surface area (Å²) in [6.45, 7) is 3.94. The highest BCUT2D eigenvalue weighted by Gasteiger charge is 2.46. The fraction of sp³-hybridized carbons (Fsp3) is 0.647. The van der Waals surface area contributed by atoms with Gasteiger partial charge in [-0.05, 0) is 30.4 Å². The normalized spacial score (nSPS) is 21.7. The summed E-state index contributed by atoms with van der Waals surface area (Å²) in [5, 5.41) is 7.12. The fourth-order valence-electron chi connectivity index (χ4n) is 3.23. The number of ether oxygens (including phenoxy) is 1. The molecule has 0 radical (unpaired) electrons. The summed E-state index contributed by atoms with van der Waals surface area (Å²) in [5.41, 5.74) is 1.22. The average Bonchev–Trinajstić information content (AvgIpc) is 2.60. The number of hydrogen-bond acceptors (Lipinski definition) is 6. The minimum Gasteiger partial charge on any atom is -0.475 e. The van der Waals surface area contributed by atoms with Crippen molar-refractivity contribution in [2.24, 2.45) is 5.92 Å². The number of rotatable bonds is 5. The van der Waals surface area contributed by atoms with E-state index in [2.05, 4.69) is 20.7 Å². The first kappa shape index (κ1) is 23.5. The third-order valence-electron chi connectivity index (χ3n) is 4.66. The van der Waals surface area contributed by atoms with E-state index in [4.69, 9.17) is 14.6 Å². The second kappa shape index (κ2) is 9.37. The third-order valence-corrected chi connectivity index (χ3v) is 5.35. The van der Waals surface area contributed by atoms with Crippen molar-refractivity contribution in [3.05, 3.63) is 30.1 Å². The molecule has 1 atom stereocenters. The van der Waals surface area contributed by atoms with E-state index in [1.54, 1.807) is 6.20 Å². The zero-order valence-corrected chi connectivity index (χ0v) is 16.7. The molecule has 0 amide bonds. The summed E-state index contributed by atoms with van der Waals surface area (Å²) < 4.78 is 62.6. The van der Waals surface area contributed by atoms with E-state index in [-0.39, 0.29) is 11.5 Å². The van der Waals surface area contributed by atoms with E-state index in [0.29, 0.717) is 13.2 Å². The van der Waals surface area contributed by atoms with Gasteiger partial charge in [0.2, 0.25) is 10.0 Å². The summed E-state index contributed by atoms with van der Waals surface area (Å²) in [7, 11) is -3.11. The highest BCUT2D eigenvalue weighted by Crippen LogP contribution is 2.36. The predicted molar refractivity (Wildman–Crippen MR) is 97.5 cm³/mol. The zero-order valence-electron chi connectivity index (χ0n) is 15.9. The third kappa shape index (κ3) is 7.88. The number of carboxylic acid groups (broad SMARTS) is 1. The quantitative estimate of drug-likeness (QED) is 0.711. The van der Waals surface area contributed by atoms with Crippen molar-refractivity contribution in [2.45, 2.75) is 31.2 Å². The van der Waals surface area contributed by atoms with Crippen molar-refractivity contribution in [3.63, 3.8) is 0 Å². The van der Waals surface area contributed by atoms with Crippen LogP contribution in [0.3, 0.4) is 0 Å². The van der Waals surface area contributed by atoms with Crippen molar-refractivity contribution in [1.82, 2.24) is 14.6 Å². The monoisotopic (exact) mass is 439 g/mol. The van der Waals surface area contributed by atoms with E-state index >= 15 is 0 Å². The summed E-state index contributed by atoms with van der Waals surface area (Å²) >= 11 is 0. The van der Waals surface area contributed by atoms with Crippen LogP contribution >= 0.6 is 0 Å². The molecule has 2 aliphatic rings. The van der Waals surface area contributed by atoms with Gasteiger partial charge >= 0.3 is 12.1 Å². The molecule has 3 heterocycles. The zero-order chi connectivity index (χ0) is 21.7. The van der Waals surface area contributed by atoms with Gasteiger partial charge < -0.3 is 9.84 Å². The summed E-state index contributed by atoms with van der Waals surface area (Å²) in [6.07, 6.45) is 1.83. The molecule has 8 nitrogen and oxygen atoms in total. The van der Waals surface area contributed by atoms with Gasteiger partial charge in [0.05, 0.1) is 18.5 Å². The number of alkyl halides is 3. The van der Waals surface area contributed by atoms with E-state index < -0.39 is 22.2 Å². The van der Waals surface area contributed by atoms with E-state index in [1.165, 1.54) is 11.8 Å². The van der Waals surface area contributed by atoms with Crippen LogP contribution in [0.4, 0.5) is 13.2 Å². The van der Waals surface area contributed by atoms with Crippen LogP contribution in [0, 0.1) is 5.92 Å². The molecule has 2 saturated heterocycles. The van der Waals surface area contributed by atoms with Crippen LogP contribution in [0.5, 0.6) is 0 Å². The smallest absolute Gasteiger partial charge is 0.475 e. The van der Waals surface area contributed by atoms with Gasteiger partial charge in [-0.3, -0.25) is 9.88 Å². The molecule has 1 spiro atoms. The molecular weight excluding hydrogens is 415 g/mol. The fourth-order valence-corrected chi connectivity index (χ4v) is 3.77. The first-order valence-corrected chi connectivity index (χ1v) is 10.8. The van der Waals surface area contributed by atoms with Gasteiger partial charge in [-0.15, -0.1) is 0 Å². The molecule has 0 saturated carbocycles. The van der Waals surface area contributed by atoms with E-state index in [9.17, 15) is 21.6 Å². The minimum atomic E-state index is -5.08. The number of sulfonamides is 1. The number of nitrogens with zero attached hydrogens (tertiary/aromatic N) is 2. The lowest BCUT2D eigenvalue weighted by Crippen LogP contribution is -2.64. The van der Waals surface area contributed by atoms with Gasteiger partial charge in [0, 0.05) is 38.6 Å². The van der Waals surface area contributed by atoms with Gasteiger partial charge in [-0.1, -0.05) is 6.07 Å². The van der Waals surface area contributed by atoms with Crippen LogP contribution in [0.1, 0.15) is 18.4 Å². The minimum absolute atomic E-state index is 0.0101. The number of aromatic nitrogens is 1. The molecule has 1 aromatic heterocycles. The Morgan fingerprint density at radius 2 is 2.10 bits per heavy atom. The Hall–Kier alpha value is -1.76. The Bertz CT molecular complexity index is 773. The second-order valence-corrected chi connectivity index (χ2v) is 9.16. The molecule has 0 bridgehead atoms. The molecule has 3 rings (SSSR count). The number of hydrogen-bond donors (Lipinski definition) is 2. The van der Waals surface area contributed by atoms with Gasteiger partial charge in [-0.2, -0.15) is 13.2 Å². The average molecular weight is 439 g/mol. The maximum absolute atomic E-state index is 11.1. The second-order valence-electron chi connectivity index (χ2n) is 7.33. The lowest BCUT2D eigenvalue weighted by atomic mass is 9.83. The lowest BCUT2D eigenvalue weighted by Gasteiger charge is -2.53. The Morgan fingerprint density at radius 3 is 2.55 bits per heavy atom. The van der Waals surface area contributed by atoms with Gasteiger partial charge in [0.15, 0.2) is 0 Å². The van der Waals surface area contributed by atoms with Crippen LogP contribution in [0.25, 0.3) is 0 Å². The molecule has 12 heteroatoms. The molecule has 2 fully saturated rings. The largest absolute Gasteiger partial charge is 0.490 e. The topological polar surface area (TPSA) is 109 Å². The van der Waals surface area contributed by atoms with E-state index in [0.717, 1.165) is 32.5 Å².